The molecule has 0 saturated heterocycles. The van der Waals surface area contributed by atoms with Gasteiger partial charge in [-0.25, -0.2) is 13.1 Å². The van der Waals surface area contributed by atoms with Gasteiger partial charge < -0.3 is 4.74 Å². The zero-order valence-corrected chi connectivity index (χ0v) is 16.2. The van der Waals surface area contributed by atoms with Gasteiger partial charge in [-0.3, -0.25) is 0 Å². The summed E-state index contributed by atoms with van der Waals surface area (Å²) in [6.07, 6.45) is 0. The zero-order valence-electron chi connectivity index (χ0n) is 12.3. The molecule has 2 aromatic carbocycles. The van der Waals surface area contributed by atoms with Gasteiger partial charge in [0, 0.05) is 26.7 Å². The molecule has 0 aliphatic carbocycles. The van der Waals surface area contributed by atoms with Gasteiger partial charge in [-0.1, -0.05) is 27.5 Å². The number of rotatable bonds is 7. The third-order valence-corrected chi connectivity index (χ3v) is 6.13. The van der Waals surface area contributed by atoms with Gasteiger partial charge in [0.05, 0.1) is 7.11 Å². The average Bonchev–Trinajstić information content (AvgIpc) is 2.53. The van der Waals surface area contributed by atoms with Crippen LogP contribution in [0.25, 0.3) is 0 Å². The molecule has 0 aromatic heterocycles. The lowest BCUT2D eigenvalue weighted by Crippen LogP contribution is -2.26. The Morgan fingerprint density at radius 3 is 2.57 bits per heavy atom. The van der Waals surface area contributed by atoms with Crippen LogP contribution in [-0.4, -0.2) is 27.8 Å². The molecule has 2 aromatic rings. The van der Waals surface area contributed by atoms with E-state index in [0.29, 0.717) is 27.5 Å². The second kappa shape index (κ2) is 8.39. The third-order valence-electron chi connectivity index (χ3n) is 2.89. The fourth-order valence-corrected chi connectivity index (χ4v) is 4.57. The van der Waals surface area contributed by atoms with Crippen LogP contribution >= 0.6 is 39.3 Å². The van der Waals surface area contributed by atoms with Gasteiger partial charge in [0.15, 0.2) is 0 Å². The second-order valence-electron chi connectivity index (χ2n) is 4.50. The lowest BCUT2D eigenvalue weighted by Gasteiger charge is -2.11. The molecular formula is C15H15BrClNO3S2. The second-order valence-corrected chi connectivity index (χ2v) is 8.75. The van der Waals surface area contributed by atoms with Crippen LogP contribution in [0.3, 0.4) is 0 Å². The Bertz CT molecular complexity index is 767. The Balaban J connectivity index is 1.96. The molecule has 0 spiro atoms. The van der Waals surface area contributed by atoms with Gasteiger partial charge in [-0.05, 0) is 42.5 Å². The zero-order chi connectivity index (χ0) is 16.9. The molecule has 23 heavy (non-hydrogen) atoms. The largest absolute Gasteiger partial charge is 0.495 e. The maximum absolute atomic E-state index is 12.4. The van der Waals surface area contributed by atoms with Gasteiger partial charge in [0.2, 0.25) is 10.0 Å². The van der Waals surface area contributed by atoms with E-state index >= 15 is 0 Å². The Labute approximate surface area is 153 Å². The van der Waals surface area contributed by atoms with E-state index in [9.17, 15) is 8.42 Å². The van der Waals surface area contributed by atoms with Crippen LogP contribution in [0.4, 0.5) is 0 Å². The summed E-state index contributed by atoms with van der Waals surface area (Å²) in [6, 6.07) is 12.3. The van der Waals surface area contributed by atoms with E-state index in [1.165, 1.54) is 13.2 Å². The summed E-state index contributed by atoms with van der Waals surface area (Å²) in [5.74, 6) is 0.919. The molecule has 124 valence electrons. The number of methoxy groups -OCH3 is 1. The van der Waals surface area contributed by atoms with Gasteiger partial charge in [0.1, 0.15) is 10.6 Å². The number of halogens is 2. The van der Waals surface area contributed by atoms with Crippen molar-refractivity contribution in [2.24, 2.45) is 0 Å². The Morgan fingerprint density at radius 2 is 1.91 bits per heavy atom. The minimum absolute atomic E-state index is 0.117. The van der Waals surface area contributed by atoms with Crippen LogP contribution in [0.1, 0.15) is 0 Å². The first-order valence-corrected chi connectivity index (χ1v) is 10.3. The summed E-state index contributed by atoms with van der Waals surface area (Å²) in [5, 5.41) is 0.678. The Hall–Kier alpha value is -0.730. The van der Waals surface area contributed by atoms with Crippen LogP contribution in [0.2, 0.25) is 5.02 Å². The first-order valence-electron chi connectivity index (χ1n) is 6.64. The highest BCUT2D eigenvalue weighted by Gasteiger charge is 2.19. The van der Waals surface area contributed by atoms with Crippen LogP contribution in [0, 0.1) is 0 Å². The molecule has 0 fully saturated rings. The maximum Gasteiger partial charge on any atom is 0.244 e. The lowest BCUT2D eigenvalue weighted by atomic mass is 10.3. The van der Waals surface area contributed by atoms with E-state index in [1.807, 2.05) is 12.1 Å². The highest BCUT2D eigenvalue weighted by molar-refractivity contribution is 9.10. The number of sulfonamides is 1. The van der Waals surface area contributed by atoms with Crippen molar-refractivity contribution in [3.8, 4) is 5.75 Å². The minimum atomic E-state index is -3.63. The summed E-state index contributed by atoms with van der Waals surface area (Å²) in [5.41, 5.74) is 0. The number of hydrogen-bond donors (Lipinski definition) is 1. The van der Waals surface area contributed by atoms with Crippen molar-refractivity contribution in [2.75, 3.05) is 19.4 Å². The summed E-state index contributed by atoms with van der Waals surface area (Å²) in [4.78, 5) is 1.15. The average molecular weight is 437 g/mol. The van der Waals surface area contributed by atoms with Gasteiger partial charge in [-0.2, -0.15) is 0 Å². The highest BCUT2D eigenvalue weighted by Crippen LogP contribution is 2.27. The molecule has 0 amide bonds. The summed E-state index contributed by atoms with van der Waals surface area (Å²) >= 11 is 10.7. The molecule has 0 unspecified atom stereocenters. The number of hydrogen-bond acceptors (Lipinski definition) is 4. The van der Waals surface area contributed by atoms with Gasteiger partial charge >= 0.3 is 0 Å². The van der Waals surface area contributed by atoms with Crippen LogP contribution in [0.5, 0.6) is 5.75 Å². The molecule has 0 bridgehead atoms. The fraction of sp³-hybridized carbons (Fsp3) is 0.200. The predicted molar refractivity (Wildman–Crippen MR) is 98.1 cm³/mol. The molecule has 0 saturated carbocycles. The highest BCUT2D eigenvalue weighted by atomic mass is 79.9. The molecule has 2 rings (SSSR count). The van der Waals surface area contributed by atoms with Crippen LogP contribution < -0.4 is 9.46 Å². The van der Waals surface area contributed by atoms with Crippen molar-refractivity contribution in [2.45, 2.75) is 9.79 Å². The van der Waals surface area contributed by atoms with Crippen molar-refractivity contribution in [3.05, 3.63) is 52.0 Å². The van der Waals surface area contributed by atoms with Crippen LogP contribution in [0.15, 0.2) is 56.7 Å². The van der Waals surface area contributed by atoms with E-state index in [4.69, 9.17) is 16.3 Å². The molecule has 1 N–H and O–H groups in total. The number of benzene rings is 2. The molecule has 0 heterocycles. The van der Waals surface area contributed by atoms with Crippen LogP contribution in [-0.2, 0) is 10.0 Å². The monoisotopic (exact) mass is 435 g/mol. The van der Waals surface area contributed by atoms with E-state index in [0.717, 1.165) is 4.90 Å². The molecular weight excluding hydrogens is 422 g/mol. The van der Waals surface area contributed by atoms with Crippen molar-refractivity contribution in [1.82, 2.24) is 4.72 Å². The standard InChI is InChI=1S/C15H15BrClNO3S2/c1-21-14-7-2-11(16)10-15(14)23(19,20)18-8-9-22-13-5-3-12(17)4-6-13/h2-7,10,18H,8-9H2,1H3. The topological polar surface area (TPSA) is 55.4 Å². The smallest absolute Gasteiger partial charge is 0.244 e. The molecule has 4 nitrogen and oxygen atoms in total. The maximum atomic E-state index is 12.4. The van der Waals surface area contributed by atoms with E-state index < -0.39 is 10.0 Å². The Kier molecular flexibility index (Phi) is 6.79. The number of nitrogens with one attached hydrogen (secondary N) is 1. The van der Waals surface area contributed by atoms with E-state index in [-0.39, 0.29) is 4.90 Å². The predicted octanol–water partition coefficient (Wildman–Crippen LogP) is 4.18. The first-order chi connectivity index (χ1) is 10.9. The molecule has 0 aliphatic heterocycles. The molecule has 0 aliphatic rings. The molecule has 0 atom stereocenters. The summed E-state index contributed by atoms with van der Waals surface area (Å²) in [7, 11) is -2.18. The Morgan fingerprint density at radius 1 is 1.22 bits per heavy atom. The molecule has 0 radical (unpaired) electrons. The summed E-state index contributed by atoms with van der Waals surface area (Å²) < 4.78 is 33.1. The van der Waals surface area contributed by atoms with Gasteiger partial charge in [0.25, 0.3) is 0 Å². The fourth-order valence-electron chi connectivity index (χ4n) is 1.81. The first kappa shape index (κ1) is 18.6. The van der Waals surface area contributed by atoms with E-state index in [1.54, 1.807) is 36.0 Å². The van der Waals surface area contributed by atoms with Crippen molar-refractivity contribution in [1.29, 1.82) is 0 Å². The SMILES string of the molecule is COc1ccc(Br)cc1S(=O)(=O)NCCSc1ccc(Cl)cc1. The van der Waals surface area contributed by atoms with Crippen molar-refractivity contribution >= 4 is 49.3 Å². The van der Waals surface area contributed by atoms with E-state index in [2.05, 4.69) is 20.7 Å². The molecule has 8 heteroatoms. The quantitative estimate of drug-likeness (QED) is 0.522. The minimum Gasteiger partial charge on any atom is -0.495 e. The normalized spacial score (nSPS) is 11.4. The van der Waals surface area contributed by atoms with Crippen molar-refractivity contribution < 1.29 is 13.2 Å². The van der Waals surface area contributed by atoms with Gasteiger partial charge in [-0.15, -0.1) is 11.8 Å². The third kappa shape index (κ3) is 5.39. The summed E-state index contributed by atoms with van der Waals surface area (Å²) in [6.45, 7) is 0.311. The van der Waals surface area contributed by atoms with Crippen molar-refractivity contribution in [3.63, 3.8) is 0 Å². The number of thioether (sulfide) groups is 1. The number of ether oxygens (including phenoxy) is 1. The lowest BCUT2D eigenvalue weighted by molar-refractivity contribution is 0.402.